The van der Waals surface area contributed by atoms with E-state index in [1.165, 1.54) is 67.1 Å². The molecule has 2 heteroatoms. The molecule has 0 radical (unpaired) electrons. The van der Waals surface area contributed by atoms with E-state index in [0.717, 1.165) is 0 Å². The van der Waals surface area contributed by atoms with Crippen molar-refractivity contribution in [3.05, 3.63) is 70.2 Å². The lowest BCUT2D eigenvalue weighted by molar-refractivity contribution is 0.306. The molecule has 3 unspecified atom stereocenters. The standard InChI is InChI=1S/C25H28BrN/c26-19-11-8-12-20(17-19)27-23-15-6-4-13-21(23)25(18-9-2-1-3-10-18)22-14-5-7-16-24(22)27/h1-3,8-12,17,21,23-24H,4-7,13-16H2. The van der Waals surface area contributed by atoms with Gasteiger partial charge in [0.1, 0.15) is 0 Å². The monoisotopic (exact) mass is 421 g/mol. The minimum Gasteiger partial charge on any atom is -0.361 e. The van der Waals surface area contributed by atoms with Crippen molar-refractivity contribution in [3.63, 3.8) is 0 Å². The molecule has 0 saturated heterocycles. The van der Waals surface area contributed by atoms with E-state index in [-0.39, 0.29) is 0 Å². The van der Waals surface area contributed by atoms with Crippen molar-refractivity contribution in [2.45, 2.75) is 63.5 Å². The summed E-state index contributed by atoms with van der Waals surface area (Å²) in [4.78, 5) is 2.83. The highest BCUT2D eigenvalue weighted by Crippen LogP contribution is 2.50. The van der Waals surface area contributed by atoms with Crippen LogP contribution in [0.4, 0.5) is 5.69 Å². The van der Waals surface area contributed by atoms with E-state index < -0.39 is 0 Å². The van der Waals surface area contributed by atoms with Crippen LogP contribution in [0.2, 0.25) is 0 Å². The highest BCUT2D eigenvalue weighted by Gasteiger charge is 2.44. The number of nitrogens with zero attached hydrogens (tertiary/aromatic N) is 1. The maximum absolute atomic E-state index is 3.71. The fourth-order valence-electron chi connectivity index (χ4n) is 5.89. The third-order valence-corrected chi connectivity index (χ3v) is 7.40. The molecule has 3 aliphatic rings. The lowest BCUT2D eigenvalue weighted by atomic mass is 9.67. The molecular formula is C25H28BrN. The van der Waals surface area contributed by atoms with Crippen LogP contribution in [0.1, 0.15) is 56.9 Å². The first-order valence-corrected chi connectivity index (χ1v) is 11.4. The zero-order valence-corrected chi connectivity index (χ0v) is 17.5. The first-order valence-electron chi connectivity index (χ1n) is 10.7. The predicted octanol–water partition coefficient (Wildman–Crippen LogP) is 7.22. The van der Waals surface area contributed by atoms with E-state index >= 15 is 0 Å². The molecule has 2 aromatic carbocycles. The number of hydrogen-bond acceptors (Lipinski definition) is 1. The van der Waals surface area contributed by atoms with Crippen LogP contribution in [0.25, 0.3) is 5.57 Å². The molecular weight excluding hydrogens is 394 g/mol. The van der Waals surface area contributed by atoms with E-state index in [2.05, 4.69) is 75.4 Å². The molecule has 140 valence electrons. The summed E-state index contributed by atoms with van der Waals surface area (Å²) in [6.45, 7) is 0. The Hall–Kier alpha value is -1.54. The fourth-order valence-corrected chi connectivity index (χ4v) is 6.28. The van der Waals surface area contributed by atoms with Crippen molar-refractivity contribution in [1.82, 2.24) is 0 Å². The summed E-state index contributed by atoms with van der Waals surface area (Å²) in [6, 6.07) is 21.6. The second kappa shape index (κ2) is 7.47. The van der Waals surface area contributed by atoms with Crippen LogP contribution >= 0.6 is 15.9 Å². The molecule has 0 amide bonds. The van der Waals surface area contributed by atoms with Crippen molar-refractivity contribution in [3.8, 4) is 0 Å². The van der Waals surface area contributed by atoms with Crippen molar-refractivity contribution in [2.75, 3.05) is 4.90 Å². The van der Waals surface area contributed by atoms with E-state index in [1.54, 1.807) is 11.1 Å². The van der Waals surface area contributed by atoms with E-state index in [4.69, 9.17) is 0 Å². The zero-order valence-electron chi connectivity index (χ0n) is 15.9. The van der Waals surface area contributed by atoms with Gasteiger partial charge in [0, 0.05) is 22.1 Å². The minimum absolute atomic E-state index is 0.586. The molecule has 1 heterocycles. The number of anilines is 1. The molecule has 0 spiro atoms. The Bertz CT molecular complexity index is 840. The van der Waals surface area contributed by atoms with Gasteiger partial charge in [0.2, 0.25) is 0 Å². The maximum Gasteiger partial charge on any atom is 0.0511 e. The van der Waals surface area contributed by atoms with Crippen LogP contribution in [0.3, 0.4) is 0 Å². The molecule has 27 heavy (non-hydrogen) atoms. The fraction of sp³-hybridized carbons (Fsp3) is 0.440. The van der Waals surface area contributed by atoms with Gasteiger partial charge >= 0.3 is 0 Å². The number of hydrogen-bond donors (Lipinski definition) is 0. The Kier molecular flexibility index (Phi) is 4.85. The summed E-state index contributed by atoms with van der Waals surface area (Å²) < 4.78 is 1.20. The normalized spacial score (nSPS) is 27.9. The van der Waals surface area contributed by atoms with Crippen LogP contribution < -0.4 is 4.90 Å². The summed E-state index contributed by atoms with van der Waals surface area (Å²) in [7, 11) is 0. The SMILES string of the molecule is Brc1cccc(N2C3CCCCC3=C(c3ccccc3)C3CCCCC32)c1. The van der Waals surface area contributed by atoms with Gasteiger partial charge in [0.05, 0.1) is 6.04 Å². The molecule has 3 atom stereocenters. The lowest BCUT2D eigenvalue weighted by Crippen LogP contribution is -2.54. The molecule has 1 nitrogen and oxygen atoms in total. The van der Waals surface area contributed by atoms with Gasteiger partial charge in [-0.05, 0) is 67.0 Å². The van der Waals surface area contributed by atoms with Crippen LogP contribution in [0, 0.1) is 5.92 Å². The summed E-state index contributed by atoms with van der Waals surface area (Å²) in [5.74, 6) is 0.685. The highest BCUT2D eigenvalue weighted by molar-refractivity contribution is 9.10. The minimum atomic E-state index is 0.586. The lowest BCUT2D eigenvalue weighted by Gasteiger charge is -2.53. The molecule has 2 aromatic rings. The van der Waals surface area contributed by atoms with Crippen LogP contribution in [0.15, 0.2) is 64.6 Å². The smallest absolute Gasteiger partial charge is 0.0511 e. The van der Waals surface area contributed by atoms with Crippen molar-refractivity contribution in [1.29, 1.82) is 0 Å². The Morgan fingerprint density at radius 2 is 1.63 bits per heavy atom. The Labute approximate surface area is 171 Å². The number of fused-ring (bicyclic) bond motifs is 2. The molecule has 0 aromatic heterocycles. The van der Waals surface area contributed by atoms with E-state index in [1.807, 2.05) is 0 Å². The van der Waals surface area contributed by atoms with Crippen molar-refractivity contribution in [2.24, 2.45) is 5.92 Å². The highest BCUT2D eigenvalue weighted by atomic mass is 79.9. The molecule has 1 aliphatic heterocycles. The van der Waals surface area contributed by atoms with Gasteiger partial charge in [0.25, 0.3) is 0 Å². The quantitative estimate of drug-likeness (QED) is 0.494. The van der Waals surface area contributed by atoms with Crippen LogP contribution in [-0.2, 0) is 0 Å². The number of rotatable bonds is 2. The second-order valence-corrected chi connectivity index (χ2v) is 9.33. The van der Waals surface area contributed by atoms with Crippen molar-refractivity contribution >= 4 is 27.2 Å². The summed E-state index contributed by atoms with van der Waals surface area (Å²) >= 11 is 3.71. The third kappa shape index (κ3) is 3.16. The number of halogens is 1. The largest absolute Gasteiger partial charge is 0.361 e. The Morgan fingerprint density at radius 1 is 0.815 bits per heavy atom. The average Bonchev–Trinajstić information content (AvgIpc) is 2.72. The van der Waals surface area contributed by atoms with Crippen molar-refractivity contribution < 1.29 is 0 Å². The topological polar surface area (TPSA) is 3.24 Å². The van der Waals surface area contributed by atoms with Gasteiger partial charge in [0.15, 0.2) is 0 Å². The van der Waals surface area contributed by atoms with Gasteiger partial charge < -0.3 is 4.90 Å². The van der Waals surface area contributed by atoms with Gasteiger partial charge in [-0.1, -0.05) is 71.6 Å². The van der Waals surface area contributed by atoms with Crippen LogP contribution in [0.5, 0.6) is 0 Å². The molecule has 2 aliphatic carbocycles. The van der Waals surface area contributed by atoms with Crippen LogP contribution in [-0.4, -0.2) is 12.1 Å². The molecule has 0 bridgehead atoms. The van der Waals surface area contributed by atoms with E-state index in [9.17, 15) is 0 Å². The van der Waals surface area contributed by atoms with Gasteiger partial charge in [-0.2, -0.15) is 0 Å². The van der Waals surface area contributed by atoms with Gasteiger partial charge in [-0.25, -0.2) is 0 Å². The number of benzene rings is 2. The summed E-state index contributed by atoms with van der Waals surface area (Å²) in [5, 5.41) is 0. The van der Waals surface area contributed by atoms with Gasteiger partial charge in [-0.3, -0.25) is 0 Å². The van der Waals surface area contributed by atoms with E-state index in [0.29, 0.717) is 18.0 Å². The molecule has 0 N–H and O–H groups in total. The summed E-state index contributed by atoms with van der Waals surface area (Å²) in [5.41, 5.74) is 6.37. The first kappa shape index (κ1) is 17.6. The maximum atomic E-state index is 3.71. The molecule has 5 rings (SSSR count). The Morgan fingerprint density at radius 3 is 2.48 bits per heavy atom. The first-order chi connectivity index (χ1) is 13.3. The predicted molar refractivity (Wildman–Crippen MR) is 118 cm³/mol. The Balaban J connectivity index is 1.68. The average molecular weight is 422 g/mol. The molecule has 2 saturated carbocycles. The third-order valence-electron chi connectivity index (χ3n) is 6.91. The second-order valence-electron chi connectivity index (χ2n) is 8.41. The molecule has 2 fully saturated rings. The summed E-state index contributed by atoms with van der Waals surface area (Å²) in [6.07, 6.45) is 10.7. The van der Waals surface area contributed by atoms with Gasteiger partial charge in [-0.15, -0.1) is 0 Å². The zero-order chi connectivity index (χ0) is 18.2.